The Morgan fingerprint density at radius 1 is 0.255 bits per heavy atom. The van der Waals surface area contributed by atoms with Crippen molar-refractivity contribution in [1.82, 2.24) is 0 Å². The van der Waals surface area contributed by atoms with Crippen molar-refractivity contribution < 1.29 is 4.42 Å². The van der Waals surface area contributed by atoms with Crippen molar-refractivity contribution in [2.24, 2.45) is 0 Å². The first-order valence-corrected chi connectivity index (χ1v) is 19.0. The first-order chi connectivity index (χ1) is 27.3. The summed E-state index contributed by atoms with van der Waals surface area (Å²) < 4.78 is 6.48. The van der Waals surface area contributed by atoms with Crippen molar-refractivity contribution >= 4 is 75.8 Å². The van der Waals surface area contributed by atoms with Crippen LogP contribution >= 0.6 is 0 Å². The van der Waals surface area contributed by atoms with Crippen molar-refractivity contribution in [2.45, 2.75) is 0 Å². The van der Waals surface area contributed by atoms with Crippen LogP contribution < -0.4 is 0 Å². The predicted octanol–water partition coefficient (Wildman–Crippen LogP) is 15.5. The summed E-state index contributed by atoms with van der Waals surface area (Å²) >= 11 is 0. The standard InChI is InChI=1S/C54H32O/c1-2-12-33(13-3-1)38-22-11-23-49-54(38)47-32-37(28-31-48(47)55-49)51-42-18-6-8-20-44(42)53(45-21-9-7-19-43(45)51)41-17-5-4-16-39(41)40-29-26-36-25-24-34-14-10-15-35-27-30-46(40)52(36)50(34)35/h1-32H. The number of rotatable bonds is 4. The van der Waals surface area contributed by atoms with E-state index in [-0.39, 0.29) is 0 Å². The molecule has 55 heavy (non-hydrogen) atoms. The molecule has 254 valence electrons. The predicted molar refractivity (Wildman–Crippen MR) is 234 cm³/mol. The van der Waals surface area contributed by atoms with Gasteiger partial charge in [-0.1, -0.05) is 176 Å². The highest BCUT2D eigenvalue weighted by Gasteiger charge is 2.21. The molecule has 12 rings (SSSR count). The Kier molecular flexibility index (Phi) is 6.40. The lowest BCUT2D eigenvalue weighted by Crippen LogP contribution is -1.93. The van der Waals surface area contributed by atoms with Crippen molar-refractivity contribution in [3.63, 3.8) is 0 Å². The molecule has 12 aromatic rings. The highest BCUT2D eigenvalue weighted by Crippen LogP contribution is 2.49. The summed E-state index contributed by atoms with van der Waals surface area (Å²) in [6, 6.07) is 71.1. The smallest absolute Gasteiger partial charge is 0.136 e. The molecule has 0 saturated heterocycles. The molecule has 0 aliphatic heterocycles. The molecule has 1 heterocycles. The van der Waals surface area contributed by atoms with Crippen LogP contribution in [0.2, 0.25) is 0 Å². The fourth-order valence-corrected chi connectivity index (χ4v) is 9.48. The lowest BCUT2D eigenvalue weighted by atomic mass is 9.82. The Balaban J connectivity index is 1.13. The number of hydrogen-bond donors (Lipinski definition) is 0. The normalized spacial score (nSPS) is 12.0. The molecule has 0 amide bonds. The molecule has 0 fully saturated rings. The van der Waals surface area contributed by atoms with E-state index in [1.54, 1.807) is 0 Å². The van der Waals surface area contributed by atoms with Gasteiger partial charge in [-0.3, -0.25) is 0 Å². The van der Waals surface area contributed by atoms with Crippen molar-refractivity contribution in [1.29, 1.82) is 0 Å². The summed E-state index contributed by atoms with van der Waals surface area (Å²) in [5.74, 6) is 0. The highest BCUT2D eigenvalue weighted by molar-refractivity contribution is 6.27. The van der Waals surface area contributed by atoms with Crippen LogP contribution in [0.1, 0.15) is 0 Å². The molecule has 0 aliphatic carbocycles. The molecule has 1 nitrogen and oxygen atoms in total. The Morgan fingerprint density at radius 2 is 0.836 bits per heavy atom. The van der Waals surface area contributed by atoms with Crippen molar-refractivity contribution in [3.8, 4) is 44.5 Å². The van der Waals surface area contributed by atoms with Crippen molar-refractivity contribution in [3.05, 3.63) is 194 Å². The summed E-state index contributed by atoms with van der Waals surface area (Å²) in [6.07, 6.45) is 0. The molecule has 0 radical (unpaired) electrons. The van der Waals surface area contributed by atoms with E-state index in [0.717, 1.165) is 21.9 Å². The molecule has 1 heteroatoms. The summed E-state index contributed by atoms with van der Waals surface area (Å²) in [4.78, 5) is 0. The zero-order valence-electron chi connectivity index (χ0n) is 29.9. The van der Waals surface area contributed by atoms with Crippen molar-refractivity contribution in [2.75, 3.05) is 0 Å². The molecule has 0 aliphatic rings. The van der Waals surface area contributed by atoms with Crippen LogP contribution in [0.5, 0.6) is 0 Å². The zero-order valence-corrected chi connectivity index (χ0v) is 29.9. The van der Waals surface area contributed by atoms with Gasteiger partial charge in [-0.05, 0) is 117 Å². The van der Waals surface area contributed by atoms with Gasteiger partial charge in [0.2, 0.25) is 0 Å². The fraction of sp³-hybridized carbons (Fsp3) is 0. The third-order valence-corrected chi connectivity index (χ3v) is 11.8. The molecule has 0 unspecified atom stereocenters. The summed E-state index contributed by atoms with van der Waals surface area (Å²) in [5.41, 5.74) is 11.6. The van der Waals surface area contributed by atoms with Crippen LogP contribution in [-0.2, 0) is 0 Å². The number of furan rings is 1. The second-order valence-corrected chi connectivity index (χ2v) is 14.7. The molecule has 1 aromatic heterocycles. The topological polar surface area (TPSA) is 13.1 Å². The first kappa shape index (κ1) is 30.3. The fourth-order valence-electron chi connectivity index (χ4n) is 9.48. The highest BCUT2D eigenvalue weighted by atomic mass is 16.3. The van der Waals surface area contributed by atoms with E-state index in [9.17, 15) is 0 Å². The Hall–Kier alpha value is -7.22. The van der Waals surface area contributed by atoms with Crippen LogP contribution in [-0.4, -0.2) is 0 Å². The summed E-state index contributed by atoms with van der Waals surface area (Å²) in [6.45, 7) is 0. The lowest BCUT2D eigenvalue weighted by Gasteiger charge is -2.21. The van der Waals surface area contributed by atoms with Gasteiger partial charge in [0.25, 0.3) is 0 Å². The minimum Gasteiger partial charge on any atom is -0.456 e. The SMILES string of the molecule is c1ccc(-c2cccc3oc4ccc(-c5c6ccccc6c(-c6ccccc6-c6ccc7ccc8cccc9ccc6c7c89)c6ccccc56)cc4c23)cc1. The van der Waals surface area contributed by atoms with Gasteiger partial charge in [0.05, 0.1) is 0 Å². The van der Waals surface area contributed by atoms with Gasteiger partial charge in [-0.15, -0.1) is 0 Å². The molecule has 11 aromatic carbocycles. The molecule has 0 N–H and O–H groups in total. The largest absolute Gasteiger partial charge is 0.456 e. The molecule has 0 atom stereocenters. The third kappa shape index (κ3) is 4.41. The van der Waals surface area contributed by atoms with E-state index in [0.29, 0.717) is 0 Å². The second kappa shape index (κ2) is 11.6. The Morgan fingerprint density at radius 3 is 1.58 bits per heavy atom. The van der Waals surface area contributed by atoms with E-state index in [1.165, 1.54) is 98.4 Å². The van der Waals surface area contributed by atoms with E-state index < -0.39 is 0 Å². The van der Waals surface area contributed by atoms with E-state index in [1.807, 2.05) is 0 Å². The maximum Gasteiger partial charge on any atom is 0.136 e. The van der Waals surface area contributed by atoms with Gasteiger partial charge in [0.1, 0.15) is 11.2 Å². The Labute approximate surface area is 317 Å². The van der Waals surface area contributed by atoms with Crippen LogP contribution in [0.25, 0.3) is 120 Å². The van der Waals surface area contributed by atoms with Gasteiger partial charge in [-0.25, -0.2) is 0 Å². The molecule has 0 bridgehead atoms. The molecular weight excluding hydrogens is 665 g/mol. The summed E-state index contributed by atoms with van der Waals surface area (Å²) in [5, 5.41) is 15.0. The zero-order chi connectivity index (χ0) is 36.0. The van der Waals surface area contributed by atoms with Crippen LogP contribution in [0.4, 0.5) is 0 Å². The summed E-state index contributed by atoms with van der Waals surface area (Å²) in [7, 11) is 0. The quantitative estimate of drug-likeness (QED) is 0.132. The first-order valence-electron chi connectivity index (χ1n) is 19.0. The average Bonchev–Trinajstić information content (AvgIpc) is 3.63. The van der Waals surface area contributed by atoms with Crippen LogP contribution in [0, 0.1) is 0 Å². The van der Waals surface area contributed by atoms with E-state index >= 15 is 0 Å². The van der Waals surface area contributed by atoms with Gasteiger partial charge >= 0.3 is 0 Å². The molecular formula is C54H32O. The monoisotopic (exact) mass is 696 g/mol. The Bertz CT molecular complexity index is 3400. The second-order valence-electron chi connectivity index (χ2n) is 14.7. The molecule has 0 saturated carbocycles. The maximum absolute atomic E-state index is 6.48. The van der Waals surface area contributed by atoms with Gasteiger partial charge < -0.3 is 4.42 Å². The minimum absolute atomic E-state index is 0.898. The van der Waals surface area contributed by atoms with E-state index in [2.05, 4.69) is 194 Å². The average molecular weight is 697 g/mol. The number of benzene rings is 11. The number of hydrogen-bond acceptors (Lipinski definition) is 1. The third-order valence-electron chi connectivity index (χ3n) is 11.8. The van der Waals surface area contributed by atoms with Gasteiger partial charge in [0.15, 0.2) is 0 Å². The van der Waals surface area contributed by atoms with Crippen LogP contribution in [0.3, 0.4) is 0 Å². The lowest BCUT2D eigenvalue weighted by molar-refractivity contribution is 0.669. The van der Waals surface area contributed by atoms with E-state index in [4.69, 9.17) is 4.42 Å². The van der Waals surface area contributed by atoms with Crippen LogP contribution in [0.15, 0.2) is 199 Å². The number of fused-ring (bicyclic) bond motifs is 5. The van der Waals surface area contributed by atoms with Gasteiger partial charge in [0, 0.05) is 10.8 Å². The minimum atomic E-state index is 0.898. The van der Waals surface area contributed by atoms with Gasteiger partial charge in [-0.2, -0.15) is 0 Å². The molecule has 0 spiro atoms. The maximum atomic E-state index is 6.48.